The lowest BCUT2D eigenvalue weighted by Gasteiger charge is -2.11. The van der Waals surface area contributed by atoms with Crippen LogP contribution in [0.5, 0.6) is 0 Å². The summed E-state index contributed by atoms with van der Waals surface area (Å²) >= 11 is 0. The summed E-state index contributed by atoms with van der Waals surface area (Å²) < 4.78 is 6.69. The Hall–Kier alpha value is -6.91. The Bertz CT molecular complexity index is 2900. The van der Waals surface area contributed by atoms with Crippen molar-refractivity contribution in [3.05, 3.63) is 176 Å². The number of furan rings is 1. The molecular formula is C47H29N3O. The highest BCUT2D eigenvalue weighted by Crippen LogP contribution is 2.41. The maximum Gasteiger partial charge on any atom is 0.164 e. The maximum absolute atomic E-state index is 6.69. The molecule has 0 saturated heterocycles. The van der Waals surface area contributed by atoms with E-state index in [1.54, 1.807) is 0 Å². The smallest absolute Gasteiger partial charge is 0.164 e. The number of rotatable bonds is 5. The molecule has 2 aromatic heterocycles. The molecule has 0 aliphatic rings. The summed E-state index contributed by atoms with van der Waals surface area (Å²) in [7, 11) is 0. The number of aromatic nitrogens is 3. The van der Waals surface area contributed by atoms with Gasteiger partial charge < -0.3 is 4.42 Å². The molecule has 10 rings (SSSR count). The van der Waals surface area contributed by atoms with E-state index in [0.717, 1.165) is 66.1 Å². The van der Waals surface area contributed by atoms with Crippen LogP contribution in [-0.4, -0.2) is 15.0 Å². The predicted octanol–water partition coefficient (Wildman–Crippen LogP) is 12.4. The van der Waals surface area contributed by atoms with Gasteiger partial charge in [0.25, 0.3) is 0 Å². The van der Waals surface area contributed by atoms with Gasteiger partial charge in [-0.15, -0.1) is 0 Å². The molecule has 51 heavy (non-hydrogen) atoms. The number of hydrogen-bond acceptors (Lipinski definition) is 4. The molecular weight excluding hydrogens is 623 g/mol. The molecule has 0 bridgehead atoms. The monoisotopic (exact) mass is 651 g/mol. The lowest BCUT2D eigenvalue weighted by molar-refractivity contribution is 0.673. The minimum absolute atomic E-state index is 0.617. The van der Waals surface area contributed by atoms with Gasteiger partial charge in [0.1, 0.15) is 11.2 Å². The van der Waals surface area contributed by atoms with Gasteiger partial charge in [-0.1, -0.05) is 152 Å². The fourth-order valence-electron chi connectivity index (χ4n) is 7.12. The predicted molar refractivity (Wildman–Crippen MR) is 209 cm³/mol. The van der Waals surface area contributed by atoms with Gasteiger partial charge in [0.2, 0.25) is 0 Å². The maximum atomic E-state index is 6.69. The zero-order valence-electron chi connectivity index (χ0n) is 27.5. The van der Waals surface area contributed by atoms with Crippen LogP contribution >= 0.6 is 0 Å². The SMILES string of the molecule is c1ccc(-c2ccc(-c3nc(-c4ccccc4)nc(-c4cc5c6ccc(-c7ccc8ccccc8c7)cc6oc5c5ccccc45)n3)cc2)cc1. The molecule has 0 N–H and O–H groups in total. The van der Waals surface area contributed by atoms with Crippen molar-refractivity contribution in [2.45, 2.75) is 0 Å². The van der Waals surface area contributed by atoms with Crippen molar-refractivity contribution in [1.29, 1.82) is 0 Å². The molecule has 4 heteroatoms. The van der Waals surface area contributed by atoms with Gasteiger partial charge in [-0.05, 0) is 62.7 Å². The van der Waals surface area contributed by atoms with Crippen molar-refractivity contribution in [1.82, 2.24) is 15.0 Å². The van der Waals surface area contributed by atoms with Crippen molar-refractivity contribution in [3.63, 3.8) is 0 Å². The van der Waals surface area contributed by atoms with Crippen LogP contribution in [0.4, 0.5) is 0 Å². The Balaban J connectivity index is 1.15. The van der Waals surface area contributed by atoms with E-state index in [0.29, 0.717) is 17.5 Å². The third-order valence-corrected chi connectivity index (χ3v) is 9.72. The lowest BCUT2D eigenvalue weighted by atomic mass is 9.98. The van der Waals surface area contributed by atoms with E-state index < -0.39 is 0 Å². The molecule has 0 amide bonds. The Labute approximate surface area is 294 Å². The number of fused-ring (bicyclic) bond motifs is 6. The Morgan fingerprint density at radius 3 is 1.61 bits per heavy atom. The average Bonchev–Trinajstić information content (AvgIpc) is 3.59. The van der Waals surface area contributed by atoms with Gasteiger partial charge in [-0.25, -0.2) is 15.0 Å². The summed E-state index contributed by atoms with van der Waals surface area (Å²) in [6.45, 7) is 0. The van der Waals surface area contributed by atoms with Crippen LogP contribution in [0.1, 0.15) is 0 Å². The number of benzene rings is 8. The van der Waals surface area contributed by atoms with E-state index in [4.69, 9.17) is 19.4 Å². The Morgan fingerprint density at radius 1 is 0.314 bits per heavy atom. The van der Waals surface area contributed by atoms with Crippen LogP contribution in [-0.2, 0) is 0 Å². The van der Waals surface area contributed by atoms with Gasteiger partial charge in [0.15, 0.2) is 17.5 Å². The van der Waals surface area contributed by atoms with Crippen molar-refractivity contribution in [2.75, 3.05) is 0 Å². The Kier molecular flexibility index (Phi) is 6.78. The van der Waals surface area contributed by atoms with Gasteiger partial charge in [-0.2, -0.15) is 0 Å². The molecule has 0 saturated carbocycles. The number of hydrogen-bond donors (Lipinski definition) is 0. The summed E-state index contributed by atoms with van der Waals surface area (Å²) in [5, 5.41) is 6.56. The minimum Gasteiger partial charge on any atom is -0.455 e. The first kappa shape index (κ1) is 29.0. The molecule has 0 aliphatic carbocycles. The highest BCUT2D eigenvalue weighted by atomic mass is 16.3. The first-order valence-electron chi connectivity index (χ1n) is 17.1. The summed E-state index contributed by atoms with van der Waals surface area (Å²) in [5.41, 5.74) is 9.08. The van der Waals surface area contributed by atoms with Crippen LogP contribution < -0.4 is 0 Å². The number of nitrogens with zero attached hydrogens (tertiary/aromatic N) is 3. The van der Waals surface area contributed by atoms with E-state index in [1.807, 2.05) is 36.4 Å². The lowest BCUT2D eigenvalue weighted by Crippen LogP contribution is -2.00. The first-order chi connectivity index (χ1) is 25.2. The van der Waals surface area contributed by atoms with Crippen molar-refractivity contribution < 1.29 is 4.42 Å². The van der Waals surface area contributed by atoms with Gasteiger partial charge in [-0.3, -0.25) is 0 Å². The molecule has 2 heterocycles. The average molecular weight is 652 g/mol. The second kappa shape index (κ2) is 11.9. The third-order valence-electron chi connectivity index (χ3n) is 9.72. The normalized spacial score (nSPS) is 11.5. The van der Waals surface area contributed by atoms with Gasteiger partial charge >= 0.3 is 0 Å². The highest BCUT2D eigenvalue weighted by molar-refractivity contribution is 6.19. The molecule has 238 valence electrons. The fraction of sp³-hybridized carbons (Fsp3) is 0. The van der Waals surface area contributed by atoms with E-state index in [2.05, 4.69) is 140 Å². The highest BCUT2D eigenvalue weighted by Gasteiger charge is 2.19. The zero-order chi connectivity index (χ0) is 33.7. The van der Waals surface area contributed by atoms with Crippen molar-refractivity contribution in [3.8, 4) is 56.4 Å². The molecule has 0 fully saturated rings. The summed E-state index contributed by atoms with van der Waals surface area (Å²) in [4.78, 5) is 15.3. The van der Waals surface area contributed by atoms with Crippen LogP contribution in [0.3, 0.4) is 0 Å². The minimum atomic E-state index is 0.617. The van der Waals surface area contributed by atoms with Crippen molar-refractivity contribution in [2.24, 2.45) is 0 Å². The quantitative estimate of drug-likeness (QED) is 0.186. The summed E-state index contributed by atoms with van der Waals surface area (Å²) in [5.74, 6) is 1.87. The molecule has 8 aromatic carbocycles. The second-order valence-electron chi connectivity index (χ2n) is 12.8. The fourth-order valence-corrected chi connectivity index (χ4v) is 7.12. The van der Waals surface area contributed by atoms with Crippen molar-refractivity contribution >= 4 is 43.5 Å². The molecule has 10 aromatic rings. The summed E-state index contributed by atoms with van der Waals surface area (Å²) in [6, 6.07) is 61.0. The Morgan fingerprint density at radius 2 is 0.843 bits per heavy atom. The van der Waals surface area contributed by atoms with Gasteiger partial charge in [0.05, 0.1) is 0 Å². The van der Waals surface area contributed by atoms with Crippen LogP contribution in [0.15, 0.2) is 180 Å². The molecule has 0 radical (unpaired) electrons. The molecule has 0 unspecified atom stereocenters. The van der Waals surface area contributed by atoms with E-state index >= 15 is 0 Å². The van der Waals surface area contributed by atoms with E-state index in [-0.39, 0.29) is 0 Å². The summed E-state index contributed by atoms with van der Waals surface area (Å²) in [6.07, 6.45) is 0. The molecule has 0 atom stereocenters. The van der Waals surface area contributed by atoms with E-state index in [1.165, 1.54) is 16.3 Å². The topological polar surface area (TPSA) is 51.8 Å². The molecule has 0 spiro atoms. The van der Waals surface area contributed by atoms with Gasteiger partial charge in [0, 0.05) is 32.8 Å². The van der Waals surface area contributed by atoms with Crippen LogP contribution in [0.25, 0.3) is 99.9 Å². The van der Waals surface area contributed by atoms with E-state index in [9.17, 15) is 0 Å². The van der Waals surface area contributed by atoms with Crippen LogP contribution in [0, 0.1) is 0 Å². The molecule has 4 nitrogen and oxygen atoms in total. The largest absolute Gasteiger partial charge is 0.455 e. The second-order valence-corrected chi connectivity index (χ2v) is 12.8. The zero-order valence-corrected chi connectivity index (χ0v) is 27.5. The first-order valence-corrected chi connectivity index (χ1v) is 17.1. The molecule has 0 aliphatic heterocycles. The standard InChI is InChI=1S/C47H29N3O/c1-3-11-30(12-4-1)32-19-22-34(23-20-32)46-48-45(33-14-5-2-6-15-33)49-47(50-46)42-29-41-39-26-25-37(36-24-21-31-13-7-8-16-35(31)27-36)28-43(39)51-44(41)40-18-10-9-17-38(40)42/h1-29H. The third kappa shape index (κ3) is 5.13. The van der Waals surface area contributed by atoms with Crippen LogP contribution in [0.2, 0.25) is 0 Å².